The highest BCUT2D eigenvalue weighted by Crippen LogP contribution is 2.21. The number of hydrogen-bond acceptors (Lipinski definition) is 2. The minimum absolute atomic E-state index is 0.957. The number of allylic oxidation sites excluding steroid dienone is 3. The van der Waals surface area contributed by atoms with Crippen LogP contribution in [0.2, 0.25) is 0 Å². The zero-order chi connectivity index (χ0) is 12.4. The van der Waals surface area contributed by atoms with Crippen molar-refractivity contribution in [2.45, 2.75) is 26.2 Å². The standard InChI is InChI=1S/C14H24N2/c1-6-8-14(12(3)7-2)13(11-16-5)9-10-15-4/h7,11,15H,2-3,6,8-10H2,1,4-5H3. The second-order valence-electron chi connectivity index (χ2n) is 3.72. The summed E-state index contributed by atoms with van der Waals surface area (Å²) in [5.74, 6) is 0. The fraction of sp³-hybridized carbons (Fsp3) is 0.500. The van der Waals surface area contributed by atoms with Gasteiger partial charge in [-0.3, -0.25) is 4.99 Å². The van der Waals surface area contributed by atoms with Gasteiger partial charge in [-0.25, -0.2) is 0 Å². The lowest BCUT2D eigenvalue weighted by molar-refractivity contribution is 0.788. The van der Waals surface area contributed by atoms with Gasteiger partial charge in [-0.05, 0) is 43.2 Å². The maximum absolute atomic E-state index is 4.12. The second-order valence-corrected chi connectivity index (χ2v) is 3.72. The molecule has 16 heavy (non-hydrogen) atoms. The van der Waals surface area contributed by atoms with Gasteiger partial charge < -0.3 is 5.32 Å². The Morgan fingerprint density at radius 2 is 2.06 bits per heavy atom. The molecule has 0 heterocycles. The summed E-state index contributed by atoms with van der Waals surface area (Å²) in [5, 5.41) is 3.16. The van der Waals surface area contributed by atoms with Crippen molar-refractivity contribution < 1.29 is 0 Å². The largest absolute Gasteiger partial charge is 0.319 e. The Bertz CT molecular complexity index is 285. The number of hydrogen-bond donors (Lipinski definition) is 1. The van der Waals surface area contributed by atoms with Crippen LogP contribution in [0.15, 0.2) is 40.9 Å². The van der Waals surface area contributed by atoms with E-state index in [0.717, 1.165) is 31.4 Å². The second kappa shape index (κ2) is 9.10. The summed E-state index contributed by atoms with van der Waals surface area (Å²) < 4.78 is 0. The van der Waals surface area contributed by atoms with Crippen molar-refractivity contribution in [1.29, 1.82) is 0 Å². The highest BCUT2D eigenvalue weighted by Gasteiger charge is 2.06. The topological polar surface area (TPSA) is 24.4 Å². The van der Waals surface area contributed by atoms with Crippen molar-refractivity contribution in [3.63, 3.8) is 0 Å². The van der Waals surface area contributed by atoms with Crippen molar-refractivity contribution >= 4 is 6.21 Å². The summed E-state index contributed by atoms with van der Waals surface area (Å²) in [6.45, 7) is 11.0. The maximum Gasteiger partial charge on any atom is 0.0277 e. The van der Waals surface area contributed by atoms with Gasteiger partial charge in [-0.2, -0.15) is 0 Å². The van der Waals surface area contributed by atoms with E-state index in [1.165, 1.54) is 11.1 Å². The average molecular weight is 220 g/mol. The first-order chi connectivity index (χ1) is 7.71. The highest BCUT2D eigenvalue weighted by molar-refractivity contribution is 5.81. The van der Waals surface area contributed by atoms with E-state index in [0.29, 0.717) is 0 Å². The van der Waals surface area contributed by atoms with E-state index in [4.69, 9.17) is 0 Å². The zero-order valence-electron chi connectivity index (χ0n) is 10.8. The molecule has 0 rings (SSSR count). The van der Waals surface area contributed by atoms with Crippen LogP contribution in [-0.2, 0) is 0 Å². The minimum atomic E-state index is 0.957. The summed E-state index contributed by atoms with van der Waals surface area (Å²) in [4.78, 5) is 4.12. The summed E-state index contributed by atoms with van der Waals surface area (Å²) in [6.07, 6.45) is 6.90. The van der Waals surface area contributed by atoms with Gasteiger partial charge in [0.1, 0.15) is 0 Å². The Morgan fingerprint density at radius 3 is 2.50 bits per heavy atom. The van der Waals surface area contributed by atoms with Gasteiger partial charge in [-0.15, -0.1) is 0 Å². The van der Waals surface area contributed by atoms with Crippen molar-refractivity contribution in [3.8, 4) is 0 Å². The predicted octanol–water partition coefficient (Wildman–Crippen LogP) is 3.14. The van der Waals surface area contributed by atoms with Crippen LogP contribution in [0.1, 0.15) is 26.2 Å². The summed E-state index contributed by atoms with van der Waals surface area (Å²) in [6, 6.07) is 0. The van der Waals surface area contributed by atoms with E-state index in [1.807, 2.05) is 19.3 Å². The van der Waals surface area contributed by atoms with Crippen molar-refractivity contribution in [2.75, 3.05) is 20.6 Å². The molecule has 0 aromatic carbocycles. The Balaban J connectivity index is 5.07. The Hall–Kier alpha value is -1.15. The minimum Gasteiger partial charge on any atom is -0.319 e. The fourth-order valence-corrected chi connectivity index (χ4v) is 1.61. The molecular weight excluding hydrogens is 196 g/mol. The van der Waals surface area contributed by atoms with Crippen LogP contribution in [0.4, 0.5) is 0 Å². The highest BCUT2D eigenvalue weighted by atomic mass is 14.8. The summed E-state index contributed by atoms with van der Waals surface area (Å²) >= 11 is 0. The SMILES string of the molecule is C=CC(=C)C(CCC)=C(C=NC)CCNC. The summed E-state index contributed by atoms with van der Waals surface area (Å²) in [5.41, 5.74) is 3.58. The van der Waals surface area contributed by atoms with E-state index < -0.39 is 0 Å². The molecule has 2 nitrogen and oxygen atoms in total. The van der Waals surface area contributed by atoms with Gasteiger partial charge in [0.2, 0.25) is 0 Å². The fourth-order valence-electron chi connectivity index (χ4n) is 1.61. The monoisotopic (exact) mass is 220 g/mol. The normalized spacial score (nSPS) is 12.7. The van der Waals surface area contributed by atoms with Gasteiger partial charge in [-0.1, -0.05) is 32.6 Å². The van der Waals surface area contributed by atoms with E-state index in [-0.39, 0.29) is 0 Å². The lowest BCUT2D eigenvalue weighted by Gasteiger charge is -2.12. The quantitative estimate of drug-likeness (QED) is 0.493. The van der Waals surface area contributed by atoms with Crippen molar-refractivity contribution in [3.05, 3.63) is 36.0 Å². The molecule has 0 radical (unpaired) electrons. The number of nitrogens with zero attached hydrogens (tertiary/aromatic N) is 1. The molecule has 1 N–H and O–H groups in total. The zero-order valence-corrected chi connectivity index (χ0v) is 10.8. The molecule has 0 saturated carbocycles. The number of rotatable bonds is 8. The van der Waals surface area contributed by atoms with E-state index in [9.17, 15) is 0 Å². The molecule has 0 saturated heterocycles. The third-order valence-corrected chi connectivity index (χ3v) is 2.45. The predicted molar refractivity (Wildman–Crippen MR) is 74.2 cm³/mol. The van der Waals surface area contributed by atoms with Crippen LogP contribution in [0, 0.1) is 0 Å². The molecule has 0 spiro atoms. The lowest BCUT2D eigenvalue weighted by atomic mass is 9.95. The van der Waals surface area contributed by atoms with Gasteiger partial charge >= 0.3 is 0 Å². The molecule has 0 aromatic rings. The van der Waals surface area contributed by atoms with Crippen LogP contribution in [0.3, 0.4) is 0 Å². The van der Waals surface area contributed by atoms with Crippen LogP contribution in [-0.4, -0.2) is 26.9 Å². The molecule has 0 amide bonds. The maximum atomic E-state index is 4.12. The van der Waals surface area contributed by atoms with Crippen molar-refractivity contribution in [2.24, 2.45) is 4.99 Å². The molecule has 0 aromatic heterocycles. The first kappa shape index (κ1) is 14.8. The first-order valence-electron chi connectivity index (χ1n) is 5.81. The molecule has 0 unspecified atom stereocenters. The molecule has 0 aliphatic rings. The van der Waals surface area contributed by atoms with Gasteiger partial charge in [0.15, 0.2) is 0 Å². The van der Waals surface area contributed by atoms with Crippen molar-refractivity contribution in [1.82, 2.24) is 5.32 Å². The van der Waals surface area contributed by atoms with Gasteiger partial charge in [0, 0.05) is 13.3 Å². The molecule has 2 heteroatoms. The number of aliphatic imine (C=N–C) groups is 1. The van der Waals surface area contributed by atoms with E-state index in [2.05, 4.69) is 30.4 Å². The molecule has 0 bridgehead atoms. The molecule has 0 atom stereocenters. The van der Waals surface area contributed by atoms with Crippen LogP contribution >= 0.6 is 0 Å². The van der Waals surface area contributed by atoms with Gasteiger partial charge in [0.25, 0.3) is 0 Å². The van der Waals surface area contributed by atoms with Crippen LogP contribution < -0.4 is 5.32 Å². The van der Waals surface area contributed by atoms with E-state index in [1.54, 1.807) is 7.05 Å². The number of nitrogens with one attached hydrogen (secondary N) is 1. The molecule has 0 fully saturated rings. The third kappa shape index (κ3) is 5.08. The molecule has 0 aliphatic heterocycles. The smallest absolute Gasteiger partial charge is 0.0277 e. The first-order valence-corrected chi connectivity index (χ1v) is 5.81. The molecular formula is C14H24N2. The van der Waals surface area contributed by atoms with Gasteiger partial charge in [0.05, 0.1) is 0 Å². The molecule has 90 valence electrons. The van der Waals surface area contributed by atoms with E-state index >= 15 is 0 Å². The Labute approximate surface area is 99.9 Å². The van der Waals surface area contributed by atoms with Crippen LogP contribution in [0.25, 0.3) is 0 Å². The Kier molecular flexibility index (Phi) is 8.45. The average Bonchev–Trinajstić information content (AvgIpc) is 2.31. The molecule has 0 aliphatic carbocycles. The third-order valence-electron chi connectivity index (χ3n) is 2.45. The van der Waals surface area contributed by atoms with Crippen LogP contribution in [0.5, 0.6) is 0 Å². The summed E-state index contributed by atoms with van der Waals surface area (Å²) in [7, 11) is 3.77. The lowest BCUT2D eigenvalue weighted by Crippen LogP contribution is -2.10. The Morgan fingerprint density at radius 1 is 1.38 bits per heavy atom.